The van der Waals surface area contributed by atoms with Crippen molar-refractivity contribution in [2.45, 2.75) is 22.6 Å². The SMILES string of the molecule is Brc1ccc(SCC2(CSc3ccc(Br)cc3)CC2)cc1. The normalized spacial score (nSPS) is 15.9. The molecular formula is C17H16Br2S2. The van der Waals surface area contributed by atoms with Gasteiger partial charge in [0, 0.05) is 30.2 Å². The molecule has 0 atom stereocenters. The lowest BCUT2D eigenvalue weighted by Gasteiger charge is -2.14. The molecule has 0 heterocycles. The molecule has 1 aliphatic carbocycles. The second-order valence-corrected chi connectivity index (χ2v) is 9.41. The van der Waals surface area contributed by atoms with Gasteiger partial charge in [0.15, 0.2) is 0 Å². The summed E-state index contributed by atoms with van der Waals surface area (Å²) < 4.78 is 2.30. The highest BCUT2D eigenvalue weighted by Crippen LogP contribution is 2.52. The molecular weight excluding hydrogens is 428 g/mol. The van der Waals surface area contributed by atoms with Gasteiger partial charge in [0.25, 0.3) is 0 Å². The fraction of sp³-hybridized carbons (Fsp3) is 0.294. The van der Waals surface area contributed by atoms with Gasteiger partial charge >= 0.3 is 0 Å². The Labute approximate surface area is 151 Å². The Hall–Kier alpha value is 0.1000. The maximum atomic E-state index is 3.49. The van der Waals surface area contributed by atoms with Crippen molar-refractivity contribution >= 4 is 55.4 Å². The van der Waals surface area contributed by atoms with Crippen molar-refractivity contribution in [3.63, 3.8) is 0 Å². The molecule has 0 aliphatic heterocycles. The quantitative estimate of drug-likeness (QED) is 0.446. The highest BCUT2D eigenvalue weighted by molar-refractivity contribution is 9.10. The molecule has 0 unspecified atom stereocenters. The zero-order valence-electron chi connectivity index (χ0n) is 11.5. The van der Waals surface area contributed by atoms with E-state index in [2.05, 4.69) is 80.4 Å². The summed E-state index contributed by atoms with van der Waals surface area (Å²) in [7, 11) is 0. The van der Waals surface area contributed by atoms with Crippen molar-refractivity contribution in [3.05, 3.63) is 57.5 Å². The molecule has 21 heavy (non-hydrogen) atoms. The van der Waals surface area contributed by atoms with Crippen molar-refractivity contribution in [2.75, 3.05) is 11.5 Å². The van der Waals surface area contributed by atoms with Crippen LogP contribution >= 0.6 is 55.4 Å². The summed E-state index contributed by atoms with van der Waals surface area (Å²) >= 11 is 11.0. The average molecular weight is 444 g/mol. The third-order valence-corrected chi connectivity index (χ3v) is 7.46. The van der Waals surface area contributed by atoms with Crippen molar-refractivity contribution in [2.24, 2.45) is 5.41 Å². The first kappa shape index (κ1) is 16.0. The van der Waals surface area contributed by atoms with Crippen LogP contribution < -0.4 is 0 Å². The largest absolute Gasteiger partial charge is 0.126 e. The molecule has 1 fully saturated rings. The van der Waals surface area contributed by atoms with E-state index in [1.165, 1.54) is 34.1 Å². The van der Waals surface area contributed by atoms with Crippen LogP contribution in [0.15, 0.2) is 67.3 Å². The third kappa shape index (κ3) is 4.78. The molecule has 0 bridgehead atoms. The zero-order valence-corrected chi connectivity index (χ0v) is 16.3. The molecule has 0 N–H and O–H groups in total. The maximum absolute atomic E-state index is 3.49. The second-order valence-electron chi connectivity index (χ2n) is 5.49. The van der Waals surface area contributed by atoms with Crippen LogP contribution in [0.25, 0.3) is 0 Å². The fourth-order valence-electron chi connectivity index (χ4n) is 2.04. The lowest BCUT2D eigenvalue weighted by Crippen LogP contribution is -2.07. The van der Waals surface area contributed by atoms with Crippen molar-refractivity contribution < 1.29 is 0 Å². The standard InChI is InChI=1S/C17H16Br2S2/c18-13-1-5-15(6-2-13)20-11-17(9-10-17)12-21-16-7-3-14(19)4-8-16/h1-8H,9-12H2. The van der Waals surface area contributed by atoms with Crippen molar-refractivity contribution in [1.82, 2.24) is 0 Å². The number of hydrogen-bond donors (Lipinski definition) is 0. The minimum atomic E-state index is 0.551. The van der Waals surface area contributed by atoms with Gasteiger partial charge in [-0.1, -0.05) is 31.9 Å². The summed E-state index contributed by atoms with van der Waals surface area (Å²) in [5.74, 6) is 2.47. The molecule has 4 heteroatoms. The summed E-state index contributed by atoms with van der Waals surface area (Å²) in [6, 6.07) is 17.3. The Balaban J connectivity index is 1.50. The fourth-order valence-corrected chi connectivity index (χ4v) is 5.08. The van der Waals surface area contributed by atoms with Gasteiger partial charge in [-0.05, 0) is 66.8 Å². The van der Waals surface area contributed by atoms with Crippen LogP contribution in [0.3, 0.4) is 0 Å². The van der Waals surface area contributed by atoms with E-state index < -0.39 is 0 Å². The van der Waals surface area contributed by atoms with E-state index in [0.29, 0.717) is 5.41 Å². The number of benzene rings is 2. The monoisotopic (exact) mass is 442 g/mol. The molecule has 2 aromatic carbocycles. The van der Waals surface area contributed by atoms with Gasteiger partial charge in [0.05, 0.1) is 0 Å². The molecule has 0 nitrogen and oxygen atoms in total. The molecule has 3 rings (SSSR count). The summed E-state index contributed by atoms with van der Waals surface area (Å²) in [4.78, 5) is 2.75. The van der Waals surface area contributed by atoms with E-state index in [1.54, 1.807) is 0 Å². The highest BCUT2D eigenvalue weighted by atomic mass is 79.9. The van der Waals surface area contributed by atoms with Gasteiger partial charge in [0.2, 0.25) is 0 Å². The topological polar surface area (TPSA) is 0 Å². The number of hydrogen-bond acceptors (Lipinski definition) is 2. The Morgan fingerprint density at radius 3 is 1.43 bits per heavy atom. The molecule has 0 aromatic heterocycles. The molecule has 0 spiro atoms. The van der Waals surface area contributed by atoms with Crippen LogP contribution in [-0.2, 0) is 0 Å². The van der Waals surface area contributed by atoms with Gasteiger partial charge in [-0.15, -0.1) is 23.5 Å². The van der Waals surface area contributed by atoms with Gasteiger partial charge in [0.1, 0.15) is 0 Å². The summed E-state index contributed by atoms with van der Waals surface area (Å²) in [5.41, 5.74) is 0.551. The minimum Gasteiger partial charge on any atom is -0.126 e. The van der Waals surface area contributed by atoms with Crippen LogP contribution in [0.1, 0.15) is 12.8 Å². The lowest BCUT2D eigenvalue weighted by molar-refractivity contribution is 0.680. The molecule has 0 amide bonds. The Morgan fingerprint density at radius 2 is 1.10 bits per heavy atom. The van der Waals surface area contributed by atoms with Crippen LogP contribution in [-0.4, -0.2) is 11.5 Å². The summed E-state index contributed by atoms with van der Waals surface area (Å²) in [5, 5.41) is 0. The minimum absolute atomic E-state index is 0.551. The third-order valence-electron chi connectivity index (χ3n) is 3.67. The predicted molar refractivity (Wildman–Crippen MR) is 101 cm³/mol. The Bertz CT molecular complexity index is 538. The van der Waals surface area contributed by atoms with E-state index in [0.717, 1.165) is 8.95 Å². The van der Waals surface area contributed by atoms with Gasteiger partial charge in [-0.3, -0.25) is 0 Å². The number of thioether (sulfide) groups is 2. The first-order chi connectivity index (χ1) is 10.2. The molecule has 110 valence electrons. The first-order valence-electron chi connectivity index (χ1n) is 6.92. The van der Waals surface area contributed by atoms with Crippen LogP contribution in [0.2, 0.25) is 0 Å². The highest BCUT2D eigenvalue weighted by Gasteiger charge is 2.42. The predicted octanol–water partition coefficient (Wildman–Crippen LogP) is 6.88. The zero-order chi connectivity index (χ0) is 14.7. The molecule has 1 saturated carbocycles. The number of rotatable bonds is 6. The van der Waals surface area contributed by atoms with Gasteiger partial charge in [-0.2, -0.15) is 0 Å². The number of halogens is 2. The Morgan fingerprint density at radius 1 is 0.714 bits per heavy atom. The molecule has 0 saturated heterocycles. The van der Waals surface area contributed by atoms with Crippen molar-refractivity contribution in [1.29, 1.82) is 0 Å². The van der Waals surface area contributed by atoms with E-state index in [9.17, 15) is 0 Å². The van der Waals surface area contributed by atoms with E-state index in [4.69, 9.17) is 0 Å². The van der Waals surface area contributed by atoms with Crippen LogP contribution in [0.4, 0.5) is 0 Å². The summed E-state index contributed by atoms with van der Waals surface area (Å²) in [6.07, 6.45) is 2.75. The maximum Gasteiger partial charge on any atom is 0.0176 e. The van der Waals surface area contributed by atoms with Gasteiger partial charge in [-0.25, -0.2) is 0 Å². The average Bonchev–Trinajstić information content (AvgIpc) is 3.27. The van der Waals surface area contributed by atoms with E-state index in [1.807, 2.05) is 23.5 Å². The Kier molecular flexibility index (Phi) is 5.41. The molecule has 1 aliphatic rings. The molecule has 2 aromatic rings. The lowest BCUT2D eigenvalue weighted by atomic mass is 10.2. The van der Waals surface area contributed by atoms with Crippen LogP contribution in [0, 0.1) is 5.41 Å². The van der Waals surface area contributed by atoms with Crippen molar-refractivity contribution in [3.8, 4) is 0 Å². The first-order valence-corrected chi connectivity index (χ1v) is 10.5. The second kappa shape index (κ2) is 7.12. The summed E-state index contributed by atoms with van der Waals surface area (Å²) in [6.45, 7) is 0. The van der Waals surface area contributed by atoms with Gasteiger partial charge < -0.3 is 0 Å². The van der Waals surface area contributed by atoms with E-state index in [-0.39, 0.29) is 0 Å². The smallest absolute Gasteiger partial charge is 0.0176 e. The van der Waals surface area contributed by atoms with Crippen LogP contribution in [0.5, 0.6) is 0 Å². The van der Waals surface area contributed by atoms with E-state index >= 15 is 0 Å². The molecule has 0 radical (unpaired) electrons.